The van der Waals surface area contributed by atoms with Crippen molar-refractivity contribution in [3.63, 3.8) is 0 Å². The minimum atomic E-state index is -0.118. The highest BCUT2D eigenvalue weighted by Gasteiger charge is 2.30. The smallest absolute Gasteiger partial charge is 0.228 e. The zero-order valence-corrected chi connectivity index (χ0v) is 10.8. The van der Waals surface area contributed by atoms with Crippen LogP contribution in [0.25, 0.3) is 0 Å². The van der Waals surface area contributed by atoms with E-state index in [0.29, 0.717) is 18.0 Å². The van der Waals surface area contributed by atoms with Gasteiger partial charge in [-0.3, -0.25) is 4.79 Å². The summed E-state index contributed by atoms with van der Waals surface area (Å²) >= 11 is 15.3. The quantitative estimate of drug-likeness (QED) is 0.728. The molecule has 1 aromatic carbocycles. The lowest BCUT2D eigenvalue weighted by molar-refractivity contribution is -0.117. The number of alkyl halides is 1. The molecule has 0 N–H and O–H groups in total. The monoisotopic (exact) mass is 307 g/mol. The van der Waals surface area contributed by atoms with Crippen molar-refractivity contribution in [3.8, 4) is 0 Å². The Morgan fingerprint density at radius 1 is 1.47 bits per heavy atom. The summed E-state index contributed by atoms with van der Waals surface area (Å²) in [5, 5.41) is 0.449. The molecule has 1 aliphatic heterocycles. The highest BCUT2D eigenvalue weighted by Crippen LogP contribution is 2.32. The van der Waals surface area contributed by atoms with Crippen LogP contribution in [0.1, 0.15) is 6.42 Å². The maximum atomic E-state index is 11.6. The second-order valence-corrected chi connectivity index (χ2v) is 5.34. The molecular weight excluding hydrogens is 301 g/mol. The van der Waals surface area contributed by atoms with Gasteiger partial charge in [-0.05, 0) is 18.2 Å². The number of hydrogen-bond acceptors (Lipinski definition) is 1. The maximum absolute atomic E-state index is 11.6. The number of halogens is 3. The predicted octanol–water partition coefficient (Wildman–Crippen LogP) is 3.45. The van der Waals surface area contributed by atoms with Gasteiger partial charge in [0.15, 0.2) is 0 Å². The molecule has 1 aromatic rings. The molecule has 0 radical (unpaired) electrons. The third-order valence-corrected chi connectivity index (χ3v) is 3.38. The van der Waals surface area contributed by atoms with Crippen molar-refractivity contribution in [2.24, 2.45) is 0 Å². The minimum Gasteiger partial charge on any atom is -0.309 e. The molecule has 15 heavy (non-hydrogen) atoms. The highest BCUT2D eigenvalue weighted by atomic mass is 79.9. The molecule has 2 rings (SSSR count). The molecule has 80 valence electrons. The van der Waals surface area contributed by atoms with Crippen LogP contribution in [0.5, 0.6) is 0 Å². The van der Waals surface area contributed by atoms with Gasteiger partial charge in [-0.1, -0.05) is 27.5 Å². The first-order chi connectivity index (χ1) is 7.08. The second kappa shape index (κ2) is 4.32. The van der Waals surface area contributed by atoms with E-state index in [4.69, 9.17) is 23.2 Å². The van der Waals surface area contributed by atoms with Gasteiger partial charge >= 0.3 is 0 Å². The average molecular weight is 309 g/mol. The van der Waals surface area contributed by atoms with Gasteiger partial charge < -0.3 is 4.90 Å². The van der Waals surface area contributed by atoms with Crippen molar-refractivity contribution in [1.29, 1.82) is 0 Å². The molecule has 1 saturated heterocycles. The number of hydrogen-bond donors (Lipinski definition) is 0. The van der Waals surface area contributed by atoms with Crippen LogP contribution in [0.4, 0.5) is 5.69 Å². The van der Waals surface area contributed by atoms with Crippen LogP contribution in [-0.4, -0.2) is 17.8 Å². The van der Waals surface area contributed by atoms with E-state index < -0.39 is 0 Å². The Morgan fingerprint density at radius 2 is 2.20 bits per heavy atom. The fourth-order valence-electron chi connectivity index (χ4n) is 1.59. The molecule has 0 aliphatic carbocycles. The standard InChI is InChI=1S/C10H8BrCl2NO/c11-6-1-2-8(13)9(3-6)14-5-7(12)4-10(14)15/h1-3,7H,4-5H2. The lowest BCUT2D eigenvalue weighted by atomic mass is 10.3. The van der Waals surface area contributed by atoms with Crippen molar-refractivity contribution in [3.05, 3.63) is 27.7 Å². The van der Waals surface area contributed by atoms with Crippen LogP contribution in [-0.2, 0) is 4.79 Å². The van der Waals surface area contributed by atoms with Crippen molar-refractivity contribution in [1.82, 2.24) is 0 Å². The lowest BCUT2D eigenvalue weighted by Crippen LogP contribution is -2.24. The summed E-state index contributed by atoms with van der Waals surface area (Å²) in [5.41, 5.74) is 0.721. The van der Waals surface area contributed by atoms with Gasteiger partial charge in [0.2, 0.25) is 5.91 Å². The number of anilines is 1. The Bertz CT molecular complexity index is 410. The molecule has 1 aliphatic rings. The Labute approximate surface area is 106 Å². The van der Waals surface area contributed by atoms with E-state index in [-0.39, 0.29) is 11.3 Å². The Balaban J connectivity index is 2.37. The molecule has 5 heteroatoms. The summed E-state index contributed by atoms with van der Waals surface area (Å²) < 4.78 is 0.896. The summed E-state index contributed by atoms with van der Waals surface area (Å²) in [6.07, 6.45) is 0.379. The number of amides is 1. The number of carbonyl (C=O) groups is 1. The van der Waals surface area contributed by atoms with Gasteiger partial charge in [0.25, 0.3) is 0 Å². The molecule has 0 bridgehead atoms. The van der Waals surface area contributed by atoms with Crippen molar-refractivity contribution < 1.29 is 4.79 Å². The predicted molar refractivity (Wildman–Crippen MR) is 65.8 cm³/mol. The summed E-state index contributed by atoms with van der Waals surface area (Å²) in [6, 6.07) is 5.43. The van der Waals surface area contributed by atoms with Gasteiger partial charge in [0, 0.05) is 17.4 Å². The van der Waals surface area contributed by atoms with Crippen LogP contribution in [0, 0.1) is 0 Å². The summed E-state index contributed by atoms with van der Waals surface area (Å²) in [5.74, 6) is 0.0231. The van der Waals surface area contributed by atoms with Crippen LogP contribution in [0.15, 0.2) is 22.7 Å². The van der Waals surface area contributed by atoms with Crippen LogP contribution >= 0.6 is 39.1 Å². The number of nitrogens with zero attached hydrogens (tertiary/aromatic N) is 1. The molecule has 1 amide bonds. The largest absolute Gasteiger partial charge is 0.309 e. The number of carbonyl (C=O) groups excluding carboxylic acids is 1. The van der Waals surface area contributed by atoms with Crippen molar-refractivity contribution in [2.75, 3.05) is 11.4 Å². The minimum absolute atomic E-state index is 0.0231. The zero-order valence-electron chi connectivity index (χ0n) is 7.71. The molecular formula is C10H8BrCl2NO. The van der Waals surface area contributed by atoms with Gasteiger partial charge in [-0.25, -0.2) is 0 Å². The van der Waals surface area contributed by atoms with E-state index in [1.54, 1.807) is 11.0 Å². The van der Waals surface area contributed by atoms with Gasteiger partial charge in [-0.15, -0.1) is 11.6 Å². The average Bonchev–Trinajstić information content (AvgIpc) is 2.50. The maximum Gasteiger partial charge on any atom is 0.228 e. The first-order valence-electron chi connectivity index (χ1n) is 4.47. The molecule has 1 unspecified atom stereocenters. The molecule has 2 nitrogen and oxygen atoms in total. The molecule has 1 atom stereocenters. The molecule has 0 spiro atoms. The molecule has 1 fully saturated rings. The van der Waals surface area contributed by atoms with E-state index in [1.165, 1.54) is 0 Å². The molecule has 0 saturated carbocycles. The molecule has 0 aromatic heterocycles. The topological polar surface area (TPSA) is 20.3 Å². The third-order valence-electron chi connectivity index (χ3n) is 2.28. The zero-order chi connectivity index (χ0) is 11.0. The van der Waals surface area contributed by atoms with E-state index in [2.05, 4.69) is 15.9 Å². The van der Waals surface area contributed by atoms with Gasteiger partial charge in [0.05, 0.1) is 16.1 Å². The Morgan fingerprint density at radius 3 is 2.80 bits per heavy atom. The summed E-state index contributed by atoms with van der Waals surface area (Å²) in [4.78, 5) is 13.2. The Kier molecular flexibility index (Phi) is 3.24. The Hall–Kier alpha value is -0.250. The van der Waals surface area contributed by atoms with Crippen LogP contribution in [0.3, 0.4) is 0 Å². The van der Waals surface area contributed by atoms with E-state index >= 15 is 0 Å². The first kappa shape index (κ1) is 11.2. The highest BCUT2D eigenvalue weighted by molar-refractivity contribution is 9.10. The summed E-state index contributed by atoms with van der Waals surface area (Å²) in [7, 11) is 0. The van der Waals surface area contributed by atoms with E-state index in [0.717, 1.165) is 10.2 Å². The SMILES string of the molecule is O=C1CC(Cl)CN1c1cc(Br)ccc1Cl. The van der Waals surface area contributed by atoms with Crippen molar-refractivity contribution >= 4 is 50.7 Å². The van der Waals surface area contributed by atoms with Gasteiger partial charge in [-0.2, -0.15) is 0 Å². The van der Waals surface area contributed by atoms with E-state index in [9.17, 15) is 4.79 Å². The van der Waals surface area contributed by atoms with Crippen molar-refractivity contribution in [2.45, 2.75) is 11.8 Å². The van der Waals surface area contributed by atoms with Gasteiger partial charge in [0.1, 0.15) is 0 Å². The summed E-state index contributed by atoms with van der Waals surface area (Å²) in [6.45, 7) is 0.524. The van der Waals surface area contributed by atoms with Crippen LogP contribution < -0.4 is 4.90 Å². The normalized spacial score (nSPS) is 21.1. The molecule has 1 heterocycles. The fourth-order valence-corrected chi connectivity index (χ4v) is 2.43. The van der Waals surface area contributed by atoms with E-state index in [1.807, 2.05) is 12.1 Å². The second-order valence-electron chi connectivity index (χ2n) is 3.40. The lowest BCUT2D eigenvalue weighted by Gasteiger charge is -2.17. The number of benzene rings is 1. The number of rotatable bonds is 1. The third kappa shape index (κ3) is 2.30. The van der Waals surface area contributed by atoms with Crippen LogP contribution in [0.2, 0.25) is 5.02 Å². The first-order valence-corrected chi connectivity index (χ1v) is 6.08. The fraction of sp³-hybridized carbons (Fsp3) is 0.300.